The third kappa shape index (κ3) is 0.966. The molecule has 1 heterocycles. The van der Waals surface area contributed by atoms with Gasteiger partial charge in [0.25, 0.3) is 0 Å². The van der Waals surface area contributed by atoms with Crippen molar-refractivity contribution in [2.45, 2.75) is 13.8 Å². The van der Waals surface area contributed by atoms with E-state index in [0.717, 1.165) is 17.1 Å². The second-order valence-corrected chi connectivity index (χ2v) is 2.74. The highest BCUT2D eigenvalue weighted by molar-refractivity contribution is 6.23. The molecule has 0 bridgehead atoms. The fourth-order valence-corrected chi connectivity index (χ4v) is 1.28. The molecule has 1 aliphatic rings. The van der Waals surface area contributed by atoms with E-state index >= 15 is 0 Å². The molecule has 11 heavy (non-hydrogen) atoms. The van der Waals surface area contributed by atoms with Gasteiger partial charge in [0.15, 0.2) is 0 Å². The van der Waals surface area contributed by atoms with Crippen LogP contribution in [-0.4, -0.2) is 7.69 Å². The zero-order valence-corrected chi connectivity index (χ0v) is 6.55. The molecule has 1 radical (unpaired) electrons. The second kappa shape index (κ2) is 2.19. The fraction of sp³-hybridized carbons (Fsp3) is 0.250. The monoisotopic (exact) mass is 147 g/mol. The Hall–Kier alpha value is -1.12. The lowest BCUT2D eigenvalue weighted by Crippen LogP contribution is -2.00. The van der Waals surface area contributed by atoms with Gasteiger partial charge in [0.1, 0.15) is 11.5 Å². The molecule has 0 spiro atoms. The second-order valence-electron chi connectivity index (χ2n) is 2.74. The number of rotatable bonds is 0. The quantitative estimate of drug-likeness (QED) is 0.519. The van der Waals surface area contributed by atoms with Crippen LogP contribution in [0.3, 0.4) is 0 Å². The largest absolute Gasteiger partial charge is 0.658 e. The summed E-state index contributed by atoms with van der Waals surface area (Å²) in [5.41, 5.74) is 2.31. The molecule has 2 rings (SSSR count). The SMILES string of the molecule is Cc1cc(C)c2c(c1)O[B]O2. The van der Waals surface area contributed by atoms with Crippen molar-refractivity contribution in [3.05, 3.63) is 23.3 Å². The lowest BCUT2D eigenvalue weighted by molar-refractivity contribution is 0.540. The average Bonchev–Trinajstić information content (AvgIpc) is 2.34. The maximum atomic E-state index is 5.14. The van der Waals surface area contributed by atoms with E-state index in [9.17, 15) is 0 Å². The Labute approximate surface area is 66.4 Å². The molecule has 1 aromatic carbocycles. The van der Waals surface area contributed by atoms with Gasteiger partial charge in [0.05, 0.1) is 0 Å². The highest BCUT2D eigenvalue weighted by Crippen LogP contribution is 2.35. The van der Waals surface area contributed by atoms with Crippen molar-refractivity contribution in [3.8, 4) is 11.5 Å². The summed E-state index contributed by atoms with van der Waals surface area (Å²) in [5.74, 6) is 1.66. The Morgan fingerprint density at radius 2 is 2.00 bits per heavy atom. The summed E-state index contributed by atoms with van der Waals surface area (Å²) in [6.07, 6.45) is 0. The molecule has 0 amide bonds. The topological polar surface area (TPSA) is 18.5 Å². The first-order valence-electron chi connectivity index (χ1n) is 3.53. The van der Waals surface area contributed by atoms with Crippen molar-refractivity contribution in [2.75, 3.05) is 0 Å². The van der Waals surface area contributed by atoms with Gasteiger partial charge in [-0.25, -0.2) is 0 Å². The Morgan fingerprint density at radius 3 is 2.82 bits per heavy atom. The van der Waals surface area contributed by atoms with Gasteiger partial charge in [-0.05, 0) is 31.0 Å². The van der Waals surface area contributed by atoms with Gasteiger partial charge in [0.2, 0.25) is 0 Å². The van der Waals surface area contributed by atoms with E-state index in [1.807, 2.05) is 19.9 Å². The van der Waals surface area contributed by atoms with E-state index < -0.39 is 0 Å². The van der Waals surface area contributed by atoms with E-state index in [0.29, 0.717) is 0 Å². The van der Waals surface area contributed by atoms with Crippen LogP contribution in [0.2, 0.25) is 0 Å². The molecule has 55 valence electrons. The highest BCUT2D eigenvalue weighted by Gasteiger charge is 2.18. The molecule has 0 fully saturated rings. The Kier molecular flexibility index (Phi) is 1.31. The molecule has 0 N–H and O–H groups in total. The van der Waals surface area contributed by atoms with Crippen LogP contribution in [0, 0.1) is 13.8 Å². The highest BCUT2D eigenvalue weighted by atomic mass is 16.6. The molecular weight excluding hydrogens is 139 g/mol. The first kappa shape index (κ1) is 6.59. The van der Waals surface area contributed by atoms with Crippen LogP contribution in [0.5, 0.6) is 11.5 Å². The van der Waals surface area contributed by atoms with E-state index in [4.69, 9.17) is 9.31 Å². The number of fused-ring (bicyclic) bond motifs is 1. The first-order valence-corrected chi connectivity index (χ1v) is 3.53. The zero-order chi connectivity index (χ0) is 7.84. The molecule has 0 saturated heterocycles. The van der Waals surface area contributed by atoms with Gasteiger partial charge < -0.3 is 9.31 Å². The summed E-state index contributed by atoms with van der Waals surface area (Å²) in [4.78, 5) is 0. The summed E-state index contributed by atoms with van der Waals surface area (Å²) < 4.78 is 10.2. The van der Waals surface area contributed by atoms with Crippen LogP contribution in [0.1, 0.15) is 11.1 Å². The number of aryl methyl sites for hydroxylation is 2. The number of hydrogen-bond donors (Lipinski definition) is 0. The van der Waals surface area contributed by atoms with Crippen molar-refractivity contribution in [3.63, 3.8) is 0 Å². The van der Waals surface area contributed by atoms with E-state index in [-0.39, 0.29) is 0 Å². The standard InChI is InChI=1S/C8H8BO2/c1-5-3-6(2)8-7(4-5)10-9-11-8/h3-4H,1-2H3. The van der Waals surface area contributed by atoms with Crippen LogP contribution in [0.25, 0.3) is 0 Å². The van der Waals surface area contributed by atoms with Crippen molar-refractivity contribution in [1.82, 2.24) is 0 Å². The molecule has 0 unspecified atom stereocenters. The molecule has 0 aromatic heterocycles. The average molecular weight is 147 g/mol. The minimum absolute atomic E-state index is 0.822. The molecular formula is C8H8BO2. The fourth-order valence-electron chi connectivity index (χ4n) is 1.28. The first-order chi connectivity index (χ1) is 5.27. The minimum Gasteiger partial charge on any atom is -0.524 e. The maximum absolute atomic E-state index is 5.14. The maximum Gasteiger partial charge on any atom is 0.658 e. The Balaban J connectivity index is 2.60. The van der Waals surface area contributed by atoms with E-state index in [1.165, 1.54) is 13.2 Å². The summed E-state index contributed by atoms with van der Waals surface area (Å²) in [5, 5.41) is 0. The molecule has 0 atom stereocenters. The van der Waals surface area contributed by atoms with Gasteiger partial charge in [-0.15, -0.1) is 0 Å². The van der Waals surface area contributed by atoms with Gasteiger partial charge in [-0.1, -0.05) is 6.07 Å². The predicted molar refractivity (Wildman–Crippen MR) is 42.9 cm³/mol. The van der Waals surface area contributed by atoms with Crippen LogP contribution >= 0.6 is 0 Å². The lowest BCUT2D eigenvalue weighted by Gasteiger charge is -2.02. The number of benzene rings is 1. The smallest absolute Gasteiger partial charge is 0.524 e. The van der Waals surface area contributed by atoms with Crippen LogP contribution in [0.15, 0.2) is 12.1 Å². The van der Waals surface area contributed by atoms with Gasteiger partial charge >= 0.3 is 7.69 Å². The lowest BCUT2D eigenvalue weighted by atomic mass is 10.1. The van der Waals surface area contributed by atoms with Crippen molar-refractivity contribution >= 4 is 7.69 Å². The third-order valence-electron chi connectivity index (χ3n) is 1.73. The van der Waals surface area contributed by atoms with Crippen molar-refractivity contribution in [2.24, 2.45) is 0 Å². The summed E-state index contributed by atoms with van der Waals surface area (Å²) in [7, 11) is 1.36. The van der Waals surface area contributed by atoms with E-state index in [2.05, 4.69) is 6.07 Å². The molecule has 1 aromatic rings. The normalized spacial score (nSPS) is 12.9. The molecule has 1 aliphatic heterocycles. The van der Waals surface area contributed by atoms with Gasteiger partial charge in [-0.3, -0.25) is 0 Å². The Bertz CT molecular complexity index is 296. The molecule has 0 aliphatic carbocycles. The van der Waals surface area contributed by atoms with E-state index in [1.54, 1.807) is 0 Å². The predicted octanol–water partition coefficient (Wildman–Crippen LogP) is 1.61. The van der Waals surface area contributed by atoms with Crippen molar-refractivity contribution in [1.29, 1.82) is 0 Å². The van der Waals surface area contributed by atoms with Crippen molar-refractivity contribution < 1.29 is 9.31 Å². The number of hydrogen-bond acceptors (Lipinski definition) is 2. The molecule has 0 saturated carbocycles. The van der Waals surface area contributed by atoms with Gasteiger partial charge in [0, 0.05) is 0 Å². The minimum atomic E-state index is 0.822. The molecule has 2 nitrogen and oxygen atoms in total. The van der Waals surface area contributed by atoms with Crippen LogP contribution < -0.4 is 9.31 Å². The summed E-state index contributed by atoms with van der Waals surface area (Å²) in [6.45, 7) is 4.04. The van der Waals surface area contributed by atoms with Crippen LogP contribution in [0.4, 0.5) is 0 Å². The summed E-state index contributed by atoms with van der Waals surface area (Å²) >= 11 is 0. The zero-order valence-electron chi connectivity index (χ0n) is 6.55. The third-order valence-corrected chi connectivity index (χ3v) is 1.73. The Morgan fingerprint density at radius 1 is 1.18 bits per heavy atom. The van der Waals surface area contributed by atoms with Gasteiger partial charge in [-0.2, -0.15) is 0 Å². The summed E-state index contributed by atoms with van der Waals surface area (Å²) in [6, 6.07) is 4.03. The molecule has 3 heteroatoms. The van der Waals surface area contributed by atoms with Crippen LogP contribution in [-0.2, 0) is 0 Å².